The van der Waals surface area contributed by atoms with Crippen molar-refractivity contribution in [1.82, 2.24) is 5.43 Å². The van der Waals surface area contributed by atoms with Crippen LogP contribution in [0.1, 0.15) is 27.9 Å². The lowest BCUT2D eigenvalue weighted by atomic mass is 10.1. The molecule has 4 heteroatoms. The molecule has 20 heavy (non-hydrogen) atoms. The van der Waals surface area contributed by atoms with Gasteiger partial charge in [0.1, 0.15) is 0 Å². The molecule has 0 saturated carbocycles. The number of carbonyl (C=O) groups excluding carboxylic acids is 1. The predicted octanol–water partition coefficient (Wildman–Crippen LogP) is 2.35. The Bertz CT molecular complexity index is 674. The maximum atomic E-state index is 12.0. The van der Waals surface area contributed by atoms with Crippen molar-refractivity contribution in [2.75, 3.05) is 5.73 Å². The molecule has 0 unspecified atom stereocenters. The third-order valence-electron chi connectivity index (χ3n) is 3.42. The maximum absolute atomic E-state index is 12.0. The Morgan fingerprint density at radius 2 is 1.80 bits per heavy atom. The van der Waals surface area contributed by atoms with Gasteiger partial charge in [-0.2, -0.15) is 5.10 Å². The van der Waals surface area contributed by atoms with Crippen LogP contribution in [0.2, 0.25) is 0 Å². The fourth-order valence-corrected chi connectivity index (χ4v) is 2.34. The van der Waals surface area contributed by atoms with Gasteiger partial charge in [0.2, 0.25) is 0 Å². The van der Waals surface area contributed by atoms with Crippen LogP contribution in [-0.2, 0) is 6.42 Å². The van der Waals surface area contributed by atoms with Crippen molar-refractivity contribution in [3.8, 4) is 0 Å². The highest BCUT2D eigenvalue weighted by atomic mass is 16.2. The molecular formula is C16H15N3O. The summed E-state index contributed by atoms with van der Waals surface area (Å²) >= 11 is 0. The molecule has 0 atom stereocenters. The predicted molar refractivity (Wildman–Crippen MR) is 79.6 cm³/mol. The molecule has 4 nitrogen and oxygen atoms in total. The molecule has 1 amide bonds. The molecule has 0 saturated heterocycles. The number of hydrazone groups is 1. The molecule has 0 heterocycles. The third-order valence-corrected chi connectivity index (χ3v) is 3.42. The van der Waals surface area contributed by atoms with Crippen LogP contribution in [0.25, 0.3) is 0 Å². The van der Waals surface area contributed by atoms with Crippen molar-refractivity contribution in [2.45, 2.75) is 12.8 Å². The fourth-order valence-electron chi connectivity index (χ4n) is 2.34. The number of nitrogens with two attached hydrogens (primary N) is 1. The zero-order valence-electron chi connectivity index (χ0n) is 11.0. The normalized spacial score (nSPS) is 15.1. The van der Waals surface area contributed by atoms with Gasteiger partial charge in [-0.15, -0.1) is 0 Å². The van der Waals surface area contributed by atoms with E-state index in [-0.39, 0.29) is 5.91 Å². The van der Waals surface area contributed by atoms with Crippen LogP contribution in [0, 0.1) is 0 Å². The smallest absolute Gasteiger partial charge is 0.271 e. The number of anilines is 1. The van der Waals surface area contributed by atoms with Crippen LogP contribution in [0.15, 0.2) is 53.6 Å². The second-order valence-corrected chi connectivity index (χ2v) is 4.78. The Morgan fingerprint density at radius 1 is 1.05 bits per heavy atom. The summed E-state index contributed by atoms with van der Waals surface area (Å²) in [6.07, 6.45) is 1.84. The molecule has 2 aromatic rings. The summed E-state index contributed by atoms with van der Waals surface area (Å²) in [4.78, 5) is 12.0. The lowest BCUT2D eigenvalue weighted by Crippen LogP contribution is -2.19. The number of benzene rings is 2. The average Bonchev–Trinajstić information content (AvgIpc) is 2.89. The summed E-state index contributed by atoms with van der Waals surface area (Å²) in [5.74, 6) is -0.220. The molecule has 3 N–H and O–H groups in total. The molecule has 0 bridgehead atoms. The van der Waals surface area contributed by atoms with Crippen LogP contribution in [0.3, 0.4) is 0 Å². The molecule has 0 spiro atoms. The van der Waals surface area contributed by atoms with Gasteiger partial charge in [0, 0.05) is 16.8 Å². The standard InChI is InChI=1S/C16H15N3O/c17-13-8-5-12(6-9-13)16(20)19-18-15-10-7-11-3-1-2-4-14(11)15/h1-6,8-9H,7,10,17H2,(H,19,20)/b18-15+. The molecule has 0 radical (unpaired) electrons. The van der Waals surface area contributed by atoms with Gasteiger partial charge in [0.15, 0.2) is 0 Å². The highest BCUT2D eigenvalue weighted by molar-refractivity contribution is 6.05. The number of aryl methyl sites for hydroxylation is 1. The van der Waals surface area contributed by atoms with Gasteiger partial charge in [-0.3, -0.25) is 4.79 Å². The first-order chi connectivity index (χ1) is 9.74. The van der Waals surface area contributed by atoms with E-state index in [0.29, 0.717) is 11.3 Å². The highest BCUT2D eigenvalue weighted by Crippen LogP contribution is 2.21. The molecule has 2 aromatic carbocycles. The number of nitrogens with one attached hydrogen (secondary N) is 1. The minimum absolute atomic E-state index is 0.220. The molecule has 0 fully saturated rings. The van der Waals surface area contributed by atoms with Crippen molar-refractivity contribution in [3.05, 3.63) is 65.2 Å². The van der Waals surface area contributed by atoms with E-state index in [1.807, 2.05) is 18.2 Å². The lowest BCUT2D eigenvalue weighted by Gasteiger charge is -2.03. The SMILES string of the molecule is Nc1ccc(C(=O)N/N=C2\CCc3ccccc32)cc1. The number of fused-ring (bicyclic) bond motifs is 1. The Kier molecular flexibility index (Phi) is 3.21. The minimum atomic E-state index is -0.220. The number of hydrogen-bond donors (Lipinski definition) is 2. The van der Waals surface area contributed by atoms with Gasteiger partial charge >= 0.3 is 0 Å². The van der Waals surface area contributed by atoms with E-state index in [1.165, 1.54) is 5.56 Å². The number of rotatable bonds is 2. The van der Waals surface area contributed by atoms with E-state index in [4.69, 9.17) is 5.73 Å². The largest absolute Gasteiger partial charge is 0.399 e. The van der Waals surface area contributed by atoms with Crippen molar-refractivity contribution < 1.29 is 4.79 Å². The quantitative estimate of drug-likeness (QED) is 0.646. The molecule has 0 aliphatic heterocycles. The topological polar surface area (TPSA) is 67.5 Å². The second-order valence-electron chi connectivity index (χ2n) is 4.78. The number of amides is 1. The summed E-state index contributed by atoms with van der Waals surface area (Å²) < 4.78 is 0. The lowest BCUT2D eigenvalue weighted by molar-refractivity contribution is 0.0955. The van der Waals surface area contributed by atoms with E-state index in [1.54, 1.807) is 24.3 Å². The Morgan fingerprint density at radius 3 is 2.60 bits per heavy atom. The van der Waals surface area contributed by atoms with Gasteiger partial charge in [-0.25, -0.2) is 5.43 Å². The van der Waals surface area contributed by atoms with Crippen molar-refractivity contribution >= 4 is 17.3 Å². The summed E-state index contributed by atoms with van der Waals surface area (Å²) in [7, 11) is 0. The number of carbonyl (C=O) groups is 1. The van der Waals surface area contributed by atoms with Crippen LogP contribution in [-0.4, -0.2) is 11.6 Å². The zero-order chi connectivity index (χ0) is 13.9. The molecule has 0 aromatic heterocycles. The number of nitrogen functional groups attached to an aromatic ring is 1. The van der Waals surface area contributed by atoms with E-state index < -0.39 is 0 Å². The van der Waals surface area contributed by atoms with Crippen molar-refractivity contribution in [1.29, 1.82) is 0 Å². The summed E-state index contributed by atoms with van der Waals surface area (Å²) in [5, 5.41) is 4.25. The molecule has 100 valence electrons. The van der Waals surface area contributed by atoms with E-state index in [2.05, 4.69) is 16.6 Å². The summed E-state index contributed by atoms with van der Waals surface area (Å²) in [6.45, 7) is 0. The zero-order valence-corrected chi connectivity index (χ0v) is 11.0. The monoisotopic (exact) mass is 265 g/mol. The van der Waals surface area contributed by atoms with Crippen molar-refractivity contribution in [2.24, 2.45) is 5.10 Å². The third kappa shape index (κ3) is 2.40. The van der Waals surface area contributed by atoms with Gasteiger partial charge < -0.3 is 5.73 Å². The van der Waals surface area contributed by atoms with E-state index >= 15 is 0 Å². The van der Waals surface area contributed by atoms with E-state index in [0.717, 1.165) is 24.1 Å². The first-order valence-electron chi connectivity index (χ1n) is 6.55. The maximum Gasteiger partial charge on any atom is 0.271 e. The first-order valence-corrected chi connectivity index (χ1v) is 6.55. The minimum Gasteiger partial charge on any atom is -0.399 e. The second kappa shape index (κ2) is 5.17. The van der Waals surface area contributed by atoms with Gasteiger partial charge in [0.05, 0.1) is 5.71 Å². The van der Waals surface area contributed by atoms with Gasteiger partial charge in [-0.05, 0) is 42.7 Å². The van der Waals surface area contributed by atoms with Gasteiger partial charge in [-0.1, -0.05) is 24.3 Å². The van der Waals surface area contributed by atoms with Crippen LogP contribution < -0.4 is 11.2 Å². The van der Waals surface area contributed by atoms with Crippen LogP contribution in [0.4, 0.5) is 5.69 Å². The van der Waals surface area contributed by atoms with Crippen molar-refractivity contribution in [3.63, 3.8) is 0 Å². The molecule has 1 aliphatic rings. The van der Waals surface area contributed by atoms with Crippen LogP contribution in [0.5, 0.6) is 0 Å². The molecule has 3 rings (SSSR count). The number of nitrogens with zero attached hydrogens (tertiary/aromatic N) is 1. The number of hydrogen-bond acceptors (Lipinski definition) is 3. The molecule has 1 aliphatic carbocycles. The van der Waals surface area contributed by atoms with E-state index in [9.17, 15) is 4.79 Å². The Labute approximate surface area is 117 Å². The first kappa shape index (κ1) is 12.4. The Hall–Kier alpha value is -2.62. The summed E-state index contributed by atoms with van der Waals surface area (Å²) in [5.41, 5.74) is 12.7. The van der Waals surface area contributed by atoms with Crippen LogP contribution >= 0.6 is 0 Å². The van der Waals surface area contributed by atoms with Gasteiger partial charge in [0.25, 0.3) is 5.91 Å². The average molecular weight is 265 g/mol. The molecular weight excluding hydrogens is 250 g/mol. The Balaban J connectivity index is 1.75. The fraction of sp³-hybridized carbons (Fsp3) is 0.125. The highest BCUT2D eigenvalue weighted by Gasteiger charge is 2.17. The summed E-state index contributed by atoms with van der Waals surface area (Å²) in [6, 6.07) is 14.9.